The van der Waals surface area contributed by atoms with Crippen LogP contribution in [0.2, 0.25) is 0 Å². The van der Waals surface area contributed by atoms with Crippen LogP contribution in [-0.2, 0) is 12.8 Å². The summed E-state index contributed by atoms with van der Waals surface area (Å²) in [4.78, 5) is 27.4. The summed E-state index contributed by atoms with van der Waals surface area (Å²) < 4.78 is 5.29. The Morgan fingerprint density at radius 3 is 2.89 bits per heavy atom. The monoisotopic (exact) mass is 401 g/mol. The van der Waals surface area contributed by atoms with Crippen LogP contribution in [0.25, 0.3) is 10.6 Å². The van der Waals surface area contributed by atoms with E-state index in [1.54, 1.807) is 6.07 Å². The number of anilines is 1. The van der Waals surface area contributed by atoms with Gasteiger partial charge in [-0.2, -0.15) is 0 Å². The van der Waals surface area contributed by atoms with Crippen molar-refractivity contribution in [2.75, 3.05) is 11.9 Å². The SMILES string of the molecule is CCNC(=O)c1c(NC(=O)c2cc(-c3cccs3)on2)sc2c1CCCC2. The minimum atomic E-state index is -0.370. The van der Waals surface area contributed by atoms with Crippen molar-refractivity contribution in [2.24, 2.45) is 0 Å². The Labute approximate surface area is 164 Å². The molecule has 0 saturated heterocycles. The molecule has 3 aromatic rings. The zero-order valence-corrected chi connectivity index (χ0v) is 16.5. The van der Waals surface area contributed by atoms with Crippen molar-refractivity contribution in [3.8, 4) is 10.6 Å². The van der Waals surface area contributed by atoms with Crippen molar-refractivity contribution in [1.29, 1.82) is 0 Å². The number of hydrogen-bond acceptors (Lipinski definition) is 6. The lowest BCUT2D eigenvalue weighted by atomic mass is 9.95. The summed E-state index contributed by atoms with van der Waals surface area (Å²) in [6.07, 6.45) is 4.01. The summed E-state index contributed by atoms with van der Waals surface area (Å²) in [5.41, 5.74) is 1.88. The molecule has 2 N–H and O–H groups in total. The molecule has 0 bridgehead atoms. The van der Waals surface area contributed by atoms with Crippen LogP contribution in [0.1, 0.15) is 51.1 Å². The first-order valence-electron chi connectivity index (χ1n) is 8.92. The van der Waals surface area contributed by atoms with Gasteiger partial charge in [-0.1, -0.05) is 11.2 Å². The number of fused-ring (bicyclic) bond motifs is 1. The third-order valence-electron chi connectivity index (χ3n) is 4.47. The van der Waals surface area contributed by atoms with Crippen molar-refractivity contribution < 1.29 is 14.1 Å². The second-order valence-corrected chi connectivity index (χ2v) is 8.34. The first-order valence-corrected chi connectivity index (χ1v) is 10.6. The predicted octanol–water partition coefficient (Wildman–Crippen LogP) is 4.35. The molecule has 27 heavy (non-hydrogen) atoms. The molecule has 0 radical (unpaired) electrons. The maximum atomic E-state index is 12.7. The Balaban J connectivity index is 1.61. The summed E-state index contributed by atoms with van der Waals surface area (Å²) in [5, 5.41) is 12.2. The highest BCUT2D eigenvalue weighted by molar-refractivity contribution is 7.17. The topological polar surface area (TPSA) is 84.2 Å². The standard InChI is InChI=1S/C19H19N3O3S2/c1-2-20-18(24)16-11-6-3-4-7-14(11)27-19(16)21-17(23)12-10-13(25-22-12)15-8-5-9-26-15/h5,8-10H,2-4,6-7H2,1H3,(H,20,24)(H,21,23). The lowest BCUT2D eigenvalue weighted by Gasteiger charge is -2.12. The summed E-state index contributed by atoms with van der Waals surface area (Å²) >= 11 is 3.01. The average molecular weight is 402 g/mol. The molecule has 0 saturated carbocycles. The van der Waals surface area contributed by atoms with Crippen molar-refractivity contribution in [3.63, 3.8) is 0 Å². The molecular formula is C19H19N3O3S2. The maximum absolute atomic E-state index is 12.7. The number of rotatable bonds is 5. The van der Waals surface area contributed by atoms with Crippen molar-refractivity contribution in [2.45, 2.75) is 32.6 Å². The fourth-order valence-electron chi connectivity index (χ4n) is 3.23. The third kappa shape index (κ3) is 3.54. The Bertz CT molecular complexity index is 973. The fraction of sp³-hybridized carbons (Fsp3) is 0.316. The van der Waals surface area contributed by atoms with Gasteiger partial charge in [-0.05, 0) is 49.6 Å². The predicted molar refractivity (Wildman–Crippen MR) is 107 cm³/mol. The highest BCUT2D eigenvalue weighted by atomic mass is 32.1. The summed E-state index contributed by atoms with van der Waals surface area (Å²) in [6, 6.07) is 5.45. The van der Waals surface area contributed by atoms with Crippen molar-refractivity contribution in [3.05, 3.63) is 45.3 Å². The maximum Gasteiger partial charge on any atom is 0.278 e. The molecule has 0 aromatic carbocycles. The minimum absolute atomic E-state index is 0.133. The van der Waals surface area contributed by atoms with Gasteiger partial charge >= 0.3 is 0 Å². The quantitative estimate of drug-likeness (QED) is 0.666. The number of nitrogens with zero attached hydrogens (tertiary/aromatic N) is 1. The molecule has 140 valence electrons. The molecule has 2 amide bonds. The molecule has 1 aliphatic rings. The Morgan fingerprint density at radius 1 is 1.26 bits per heavy atom. The average Bonchev–Trinajstić information content (AvgIpc) is 3.40. The molecule has 0 unspecified atom stereocenters. The zero-order chi connectivity index (χ0) is 18.8. The fourth-order valence-corrected chi connectivity index (χ4v) is 5.18. The molecule has 1 aliphatic carbocycles. The van der Waals surface area contributed by atoms with Gasteiger partial charge in [0.25, 0.3) is 11.8 Å². The molecule has 3 aromatic heterocycles. The number of nitrogens with one attached hydrogen (secondary N) is 2. The summed E-state index contributed by atoms with van der Waals surface area (Å²) in [7, 11) is 0. The minimum Gasteiger partial charge on any atom is -0.355 e. The first-order chi connectivity index (χ1) is 13.2. The van der Waals surface area contributed by atoms with E-state index in [0.717, 1.165) is 36.1 Å². The summed E-state index contributed by atoms with van der Waals surface area (Å²) in [6.45, 7) is 2.43. The van der Waals surface area contributed by atoms with Crippen LogP contribution in [0.3, 0.4) is 0 Å². The van der Waals surface area contributed by atoms with Gasteiger partial charge in [0.1, 0.15) is 5.00 Å². The first kappa shape index (κ1) is 17.9. The molecule has 6 nitrogen and oxygen atoms in total. The third-order valence-corrected chi connectivity index (χ3v) is 6.56. The largest absolute Gasteiger partial charge is 0.355 e. The van der Waals surface area contributed by atoms with Crippen molar-refractivity contribution >= 4 is 39.5 Å². The molecule has 3 heterocycles. The van der Waals surface area contributed by atoms with Gasteiger partial charge in [-0.3, -0.25) is 9.59 Å². The smallest absolute Gasteiger partial charge is 0.278 e. The highest BCUT2D eigenvalue weighted by Gasteiger charge is 2.27. The number of aryl methyl sites for hydroxylation is 1. The number of thiophene rings is 2. The van der Waals surface area contributed by atoms with Gasteiger partial charge < -0.3 is 15.2 Å². The zero-order valence-electron chi connectivity index (χ0n) is 14.8. The number of carbonyl (C=O) groups is 2. The van der Waals surface area contributed by atoms with Crippen LogP contribution in [0.5, 0.6) is 0 Å². The second-order valence-electron chi connectivity index (χ2n) is 6.28. The van der Waals surface area contributed by atoms with Gasteiger partial charge in [0.15, 0.2) is 11.5 Å². The second kappa shape index (κ2) is 7.66. The van der Waals surface area contributed by atoms with E-state index in [1.165, 1.54) is 27.6 Å². The highest BCUT2D eigenvalue weighted by Crippen LogP contribution is 2.38. The van der Waals surface area contributed by atoms with Crippen LogP contribution < -0.4 is 10.6 Å². The molecule has 4 rings (SSSR count). The van der Waals surface area contributed by atoms with Gasteiger partial charge in [-0.25, -0.2) is 0 Å². The Kier molecular flexibility index (Phi) is 5.09. The normalized spacial score (nSPS) is 13.2. The van der Waals surface area contributed by atoms with E-state index in [1.807, 2.05) is 24.4 Å². The molecular weight excluding hydrogens is 382 g/mol. The lowest BCUT2D eigenvalue weighted by molar-refractivity contribution is 0.0956. The van der Waals surface area contributed by atoms with Crippen LogP contribution >= 0.6 is 22.7 Å². The molecule has 0 atom stereocenters. The number of aromatic nitrogens is 1. The van der Waals surface area contributed by atoms with Crippen LogP contribution in [0.15, 0.2) is 28.1 Å². The van der Waals surface area contributed by atoms with E-state index in [2.05, 4.69) is 15.8 Å². The van der Waals surface area contributed by atoms with Gasteiger partial charge in [-0.15, -0.1) is 22.7 Å². The van der Waals surface area contributed by atoms with E-state index in [4.69, 9.17) is 4.52 Å². The molecule has 0 aliphatic heterocycles. The van der Waals surface area contributed by atoms with E-state index < -0.39 is 0 Å². The van der Waals surface area contributed by atoms with Crippen molar-refractivity contribution in [1.82, 2.24) is 10.5 Å². The molecule has 8 heteroatoms. The van der Waals surface area contributed by atoms with E-state index in [-0.39, 0.29) is 17.5 Å². The molecule has 0 spiro atoms. The Hall–Kier alpha value is -2.45. The van der Waals surface area contributed by atoms with Crippen LogP contribution in [-0.4, -0.2) is 23.5 Å². The molecule has 0 fully saturated rings. The van der Waals surface area contributed by atoms with Gasteiger partial charge in [0.05, 0.1) is 10.4 Å². The number of hydrogen-bond donors (Lipinski definition) is 2. The van der Waals surface area contributed by atoms with Gasteiger partial charge in [0.2, 0.25) is 0 Å². The van der Waals surface area contributed by atoms with Crippen LogP contribution in [0, 0.1) is 0 Å². The van der Waals surface area contributed by atoms with Gasteiger partial charge in [0, 0.05) is 17.5 Å². The van der Waals surface area contributed by atoms with Crippen LogP contribution in [0.4, 0.5) is 5.00 Å². The number of carbonyl (C=O) groups excluding carboxylic acids is 2. The number of amides is 2. The lowest BCUT2D eigenvalue weighted by Crippen LogP contribution is -2.25. The van der Waals surface area contributed by atoms with E-state index in [9.17, 15) is 9.59 Å². The summed E-state index contributed by atoms with van der Waals surface area (Å²) in [5.74, 6) is 0.0573. The Morgan fingerprint density at radius 2 is 2.11 bits per heavy atom. The van der Waals surface area contributed by atoms with E-state index in [0.29, 0.717) is 22.9 Å². The van der Waals surface area contributed by atoms with E-state index >= 15 is 0 Å².